The van der Waals surface area contributed by atoms with E-state index in [9.17, 15) is 0 Å². The third-order valence-electron chi connectivity index (χ3n) is 3.87. The zero-order valence-corrected chi connectivity index (χ0v) is 9.66. The van der Waals surface area contributed by atoms with Crippen molar-refractivity contribution < 1.29 is 0 Å². The van der Waals surface area contributed by atoms with Crippen molar-refractivity contribution >= 4 is 0 Å². The second kappa shape index (κ2) is 4.17. The van der Waals surface area contributed by atoms with Gasteiger partial charge in [0.25, 0.3) is 0 Å². The van der Waals surface area contributed by atoms with Crippen LogP contribution in [0.1, 0.15) is 13.3 Å². The number of nitrogens with one attached hydrogen (secondary N) is 1. The van der Waals surface area contributed by atoms with E-state index in [2.05, 4.69) is 36.1 Å². The molecule has 0 radical (unpaired) electrons. The maximum absolute atomic E-state index is 3.42. The van der Waals surface area contributed by atoms with Gasteiger partial charge in [-0.25, -0.2) is 0 Å². The van der Waals surface area contributed by atoms with Crippen molar-refractivity contribution in [3.05, 3.63) is 0 Å². The molecule has 2 aliphatic rings. The largest absolute Gasteiger partial charge is 0.317 e. The highest BCUT2D eigenvalue weighted by Crippen LogP contribution is 2.22. The summed E-state index contributed by atoms with van der Waals surface area (Å²) in [6.07, 6.45) is 1.32. The number of hydrogen-bond acceptors (Lipinski definition) is 3. The first-order chi connectivity index (χ1) is 6.70. The minimum Gasteiger partial charge on any atom is -0.317 e. The molecule has 1 N–H and O–H groups in total. The summed E-state index contributed by atoms with van der Waals surface area (Å²) in [6, 6.07) is 1.59. The smallest absolute Gasteiger partial charge is 0.0350 e. The summed E-state index contributed by atoms with van der Waals surface area (Å²) in [5.74, 6) is 0.805. The van der Waals surface area contributed by atoms with Crippen LogP contribution in [0.15, 0.2) is 0 Å². The molecule has 2 saturated heterocycles. The minimum atomic E-state index is 0.740. The molecule has 0 aromatic heterocycles. The highest BCUT2D eigenvalue weighted by atomic mass is 15.3. The number of likely N-dealkylation sites (N-methyl/N-ethyl adjacent to an activating group) is 1. The molecule has 0 bridgehead atoms. The van der Waals surface area contributed by atoms with Gasteiger partial charge in [-0.2, -0.15) is 0 Å². The lowest BCUT2D eigenvalue weighted by molar-refractivity contribution is 0.0185. The highest BCUT2D eigenvalue weighted by molar-refractivity contribution is 4.91. The molecule has 2 atom stereocenters. The number of likely N-dealkylation sites (tertiary alicyclic amines) is 2. The van der Waals surface area contributed by atoms with E-state index in [4.69, 9.17) is 0 Å². The maximum atomic E-state index is 3.42. The van der Waals surface area contributed by atoms with Crippen LogP contribution in [-0.4, -0.2) is 62.2 Å². The fraction of sp³-hybridized carbons (Fsp3) is 1.00. The third-order valence-corrected chi connectivity index (χ3v) is 3.87. The number of nitrogens with zero attached hydrogens (tertiary/aromatic N) is 2. The van der Waals surface area contributed by atoms with E-state index in [0.29, 0.717) is 0 Å². The van der Waals surface area contributed by atoms with Gasteiger partial charge in [-0.15, -0.1) is 0 Å². The fourth-order valence-electron chi connectivity index (χ4n) is 2.84. The predicted molar refractivity (Wildman–Crippen MR) is 59.5 cm³/mol. The first-order valence-corrected chi connectivity index (χ1v) is 5.80. The number of rotatable bonds is 2. The van der Waals surface area contributed by atoms with Crippen LogP contribution in [0.2, 0.25) is 0 Å². The highest BCUT2D eigenvalue weighted by Gasteiger charge is 2.34. The van der Waals surface area contributed by atoms with Gasteiger partial charge in [0.15, 0.2) is 0 Å². The van der Waals surface area contributed by atoms with Crippen LogP contribution in [0.3, 0.4) is 0 Å². The SMILES string of the molecule is CNC1CCN(C2CN(C)C2)CC1C. The molecule has 0 aromatic rings. The van der Waals surface area contributed by atoms with E-state index in [-0.39, 0.29) is 0 Å². The zero-order valence-electron chi connectivity index (χ0n) is 9.66. The lowest BCUT2D eigenvalue weighted by Gasteiger charge is -2.48. The van der Waals surface area contributed by atoms with Crippen LogP contribution in [0, 0.1) is 5.92 Å². The third kappa shape index (κ3) is 1.95. The molecule has 0 amide bonds. The average Bonchev–Trinajstić information content (AvgIpc) is 2.13. The molecule has 2 unspecified atom stereocenters. The summed E-state index contributed by atoms with van der Waals surface area (Å²) in [5, 5.41) is 3.42. The lowest BCUT2D eigenvalue weighted by Crippen LogP contribution is -2.61. The van der Waals surface area contributed by atoms with Gasteiger partial charge in [0.1, 0.15) is 0 Å². The minimum absolute atomic E-state index is 0.740. The second-order valence-electron chi connectivity index (χ2n) is 5.03. The fourth-order valence-corrected chi connectivity index (χ4v) is 2.84. The summed E-state index contributed by atoms with van der Waals surface area (Å²) in [6.45, 7) is 7.49. The van der Waals surface area contributed by atoms with Gasteiger partial charge < -0.3 is 10.2 Å². The first kappa shape index (κ1) is 10.4. The maximum Gasteiger partial charge on any atom is 0.0350 e. The van der Waals surface area contributed by atoms with Crippen LogP contribution in [-0.2, 0) is 0 Å². The molecule has 0 aliphatic carbocycles. The van der Waals surface area contributed by atoms with Crippen molar-refractivity contribution in [1.82, 2.24) is 15.1 Å². The normalized spacial score (nSPS) is 37.1. The molecule has 82 valence electrons. The Morgan fingerprint density at radius 2 is 1.93 bits per heavy atom. The van der Waals surface area contributed by atoms with E-state index in [1.54, 1.807) is 0 Å². The van der Waals surface area contributed by atoms with Crippen LogP contribution in [0.25, 0.3) is 0 Å². The van der Waals surface area contributed by atoms with E-state index >= 15 is 0 Å². The topological polar surface area (TPSA) is 18.5 Å². The van der Waals surface area contributed by atoms with Gasteiger partial charge in [-0.3, -0.25) is 4.90 Å². The summed E-state index contributed by atoms with van der Waals surface area (Å²) < 4.78 is 0. The van der Waals surface area contributed by atoms with Crippen molar-refractivity contribution in [2.75, 3.05) is 40.3 Å². The summed E-state index contributed by atoms with van der Waals surface area (Å²) in [7, 11) is 4.30. The Bertz CT molecular complexity index is 189. The second-order valence-corrected chi connectivity index (χ2v) is 5.03. The molecule has 3 heteroatoms. The van der Waals surface area contributed by atoms with Crippen LogP contribution < -0.4 is 5.32 Å². The van der Waals surface area contributed by atoms with Crippen molar-refractivity contribution in [2.45, 2.75) is 25.4 Å². The molecule has 3 nitrogen and oxygen atoms in total. The first-order valence-electron chi connectivity index (χ1n) is 5.80. The van der Waals surface area contributed by atoms with Crippen molar-refractivity contribution in [1.29, 1.82) is 0 Å². The van der Waals surface area contributed by atoms with E-state index in [1.165, 1.54) is 32.6 Å². The van der Waals surface area contributed by atoms with Crippen LogP contribution in [0.5, 0.6) is 0 Å². The van der Waals surface area contributed by atoms with Crippen molar-refractivity contribution in [3.8, 4) is 0 Å². The quantitative estimate of drug-likeness (QED) is 0.684. The molecular formula is C11H23N3. The summed E-state index contributed by atoms with van der Waals surface area (Å²) >= 11 is 0. The zero-order chi connectivity index (χ0) is 10.1. The van der Waals surface area contributed by atoms with Gasteiger partial charge in [0.05, 0.1) is 0 Å². The Kier molecular flexibility index (Phi) is 3.10. The van der Waals surface area contributed by atoms with E-state index in [0.717, 1.165) is 18.0 Å². The van der Waals surface area contributed by atoms with Crippen molar-refractivity contribution in [2.24, 2.45) is 5.92 Å². The molecule has 0 spiro atoms. The van der Waals surface area contributed by atoms with Crippen LogP contribution in [0.4, 0.5) is 0 Å². The summed E-state index contributed by atoms with van der Waals surface area (Å²) in [4.78, 5) is 5.08. The molecule has 2 rings (SSSR count). The lowest BCUT2D eigenvalue weighted by atomic mass is 9.92. The Morgan fingerprint density at radius 1 is 1.21 bits per heavy atom. The van der Waals surface area contributed by atoms with E-state index < -0.39 is 0 Å². The Balaban J connectivity index is 1.81. The van der Waals surface area contributed by atoms with Gasteiger partial charge >= 0.3 is 0 Å². The molecule has 0 saturated carbocycles. The molecular weight excluding hydrogens is 174 g/mol. The van der Waals surface area contributed by atoms with Gasteiger partial charge in [0.2, 0.25) is 0 Å². The molecule has 2 aliphatic heterocycles. The van der Waals surface area contributed by atoms with Crippen LogP contribution >= 0.6 is 0 Å². The van der Waals surface area contributed by atoms with Gasteiger partial charge in [0, 0.05) is 38.3 Å². The Labute approximate surface area is 87.4 Å². The summed E-state index contributed by atoms with van der Waals surface area (Å²) in [5.41, 5.74) is 0. The average molecular weight is 197 g/mol. The predicted octanol–water partition coefficient (Wildman–Crippen LogP) is 0.230. The Hall–Kier alpha value is -0.120. The Morgan fingerprint density at radius 3 is 2.43 bits per heavy atom. The molecule has 0 aromatic carbocycles. The molecule has 2 heterocycles. The molecule has 14 heavy (non-hydrogen) atoms. The molecule has 2 fully saturated rings. The van der Waals surface area contributed by atoms with Crippen molar-refractivity contribution in [3.63, 3.8) is 0 Å². The van der Waals surface area contributed by atoms with Gasteiger partial charge in [-0.1, -0.05) is 6.92 Å². The van der Waals surface area contributed by atoms with E-state index in [1.807, 2.05) is 0 Å². The number of hydrogen-bond donors (Lipinski definition) is 1. The standard InChI is InChI=1S/C11H23N3/c1-9-6-14(5-4-11(9)12-2)10-7-13(3)8-10/h9-12H,4-8H2,1-3H3. The van der Waals surface area contributed by atoms with Gasteiger partial charge in [-0.05, 0) is 26.4 Å². The number of piperidine rings is 1. The monoisotopic (exact) mass is 197 g/mol.